The van der Waals surface area contributed by atoms with Gasteiger partial charge in [-0.1, -0.05) is 32.0 Å². The number of hydrogen-bond donors (Lipinski definition) is 4. The number of thiazole rings is 1. The number of benzene rings is 2. The summed E-state index contributed by atoms with van der Waals surface area (Å²) in [6.45, 7) is 4.48. The Balaban J connectivity index is 1.23. The Bertz CT molecular complexity index is 1540. The highest BCUT2D eigenvalue weighted by atomic mass is 32.1. The van der Waals surface area contributed by atoms with Gasteiger partial charge in [0.2, 0.25) is 18.6 Å². The molecule has 2 heterocycles. The second-order valence-electron chi connectivity index (χ2n) is 12.6. The fourth-order valence-electron chi connectivity index (χ4n) is 7.30. The summed E-state index contributed by atoms with van der Waals surface area (Å²) in [5.74, 6) is 1.45. The molecule has 10 nitrogen and oxygen atoms in total. The molecule has 1 saturated carbocycles. The number of ether oxygens (including phenoxy) is 3. The monoisotopic (exact) mass is 621 g/mol. The van der Waals surface area contributed by atoms with Crippen LogP contribution in [0.25, 0.3) is 0 Å². The molecule has 11 heteroatoms. The number of nitrogens with zero attached hydrogens (tertiary/aromatic N) is 1. The maximum absolute atomic E-state index is 13.5. The van der Waals surface area contributed by atoms with Gasteiger partial charge in [0.25, 0.3) is 0 Å². The molecule has 5 unspecified atom stereocenters. The Hall–Kier alpha value is -3.67. The number of amides is 2. The Morgan fingerprint density at radius 2 is 1.84 bits per heavy atom. The number of nitrogens with one attached hydrogen (secondary N) is 2. The molecule has 1 fully saturated rings. The summed E-state index contributed by atoms with van der Waals surface area (Å²) in [6.07, 6.45) is 1.58. The third-order valence-electron chi connectivity index (χ3n) is 9.98. The molecule has 3 aliphatic rings. The van der Waals surface area contributed by atoms with Crippen molar-refractivity contribution in [2.75, 3.05) is 25.8 Å². The van der Waals surface area contributed by atoms with Crippen LogP contribution in [0.5, 0.6) is 17.2 Å². The summed E-state index contributed by atoms with van der Waals surface area (Å²) >= 11 is 1.42. The van der Waals surface area contributed by atoms with Crippen LogP contribution in [0, 0.1) is 16.7 Å². The molecule has 234 valence electrons. The molecule has 6 rings (SSSR count). The lowest BCUT2D eigenvalue weighted by Crippen LogP contribution is -2.57. The van der Waals surface area contributed by atoms with Gasteiger partial charge in [-0.3, -0.25) is 9.59 Å². The van der Waals surface area contributed by atoms with Gasteiger partial charge in [0.05, 0.1) is 31.9 Å². The molecule has 2 amide bonds. The average Bonchev–Trinajstić information content (AvgIpc) is 3.65. The number of hydrogen-bond acceptors (Lipinski definition) is 9. The van der Waals surface area contributed by atoms with Gasteiger partial charge in [-0.25, -0.2) is 4.98 Å². The van der Waals surface area contributed by atoms with E-state index in [1.165, 1.54) is 11.3 Å². The van der Waals surface area contributed by atoms with Crippen molar-refractivity contribution >= 4 is 28.3 Å². The maximum Gasteiger partial charge on any atom is 0.231 e. The summed E-state index contributed by atoms with van der Waals surface area (Å²) in [6, 6.07) is 13.0. The van der Waals surface area contributed by atoms with Crippen LogP contribution in [0.15, 0.2) is 42.5 Å². The Morgan fingerprint density at radius 3 is 2.59 bits per heavy atom. The predicted octanol–water partition coefficient (Wildman–Crippen LogP) is 4.18. The van der Waals surface area contributed by atoms with E-state index in [1.54, 1.807) is 7.11 Å². The molecule has 0 radical (unpaired) electrons. The van der Waals surface area contributed by atoms with E-state index < -0.39 is 16.9 Å². The molecule has 0 bridgehead atoms. The molecule has 44 heavy (non-hydrogen) atoms. The number of fused-ring (bicyclic) bond motifs is 3. The van der Waals surface area contributed by atoms with E-state index in [1.807, 2.05) is 49.4 Å². The standard InChI is InChI=1S/C33H39N3O7S/c1-32-11-10-27(38)33(2,17-37)26(32)15-25-30(36-31(44-25)35-29(40)13-19-4-7-21(41-3)8-5-19)22(32)14-28(39)34-16-20-6-9-23-24(12-20)43-18-42-23/h4-9,12,22,26-27,37-38H,10-11,13-18H2,1-3H3,(H,34,39)(H,35,36,40). The normalized spacial score (nSPS) is 26.8. The van der Waals surface area contributed by atoms with Gasteiger partial charge in [-0.05, 0) is 66.0 Å². The first-order chi connectivity index (χ1) is 21.1. The van der Waals surface area contributed by atoms with E-state index in [-0.39, 0.29) is 49.9 Å². The van der Waals surface area contributed by atoms with Crippen molar-refractivity contribution < 1.29 is 34.0 Å². The highest BCUT2D eigenvalue weighted by Crippen LogP contribution is 2.62. The molecule has 2 aromatic carbocycles. The van der Waals surface area contributed by atoms with Crippen molar-refractivity contribution in [1.82, 2.24) is 10.3 Å². The molecule has 5 atom stereocenters. The molecule has 1 aliphatic heterocycles. The van der Waals surface area contributed by atoms with Gasteiger partial charge in [-0.15, -0.1) is 11.3 Å². The highest BCUT2D eigenvalue weighted by molar-refractivity contribution is 7.15. The molecule has 2 aliphatic carbocycles. The zero-order valence-electron chi connectivity index (χ0n) is 25.2. The summed E-state index contributed by atoms with van der Waals surface area (Å²) in [7, 11) is 1.60. The van der Waals surface area contributed by atoms with Crippen LogP contribution in [0.2, 0.25) is 0 Å². The second-order valence-corrected chi connectivity index (χ2v) is 13.7. The Kier molecular flexibility index (Phi) is 8.29. The summed E-state index contributed by atoms with van der Waals surface area (Å²) in [5, 5.41) is 28.1. The van der Waals surface area contributed by atoms with Crippen molar-refractivity contribution in [2.24, 2.45) is 16.7 Å². The number of aliphatic hydroxyl groups excluding tert-OH is 2. The van der Waals surface area contributed by atoms with Crippen molar-refractivity contribution in [3.8, 4) is 17.2 Å². The lowest BCUT2D eigenvalue weighted by atomic mass is 9.47. The lowest BCUT2D eigenvalue weighted by molar-refractivity contribution is -0.144. The van der Waals surface area contributed by atoms with Crippen molar-refractivity contribution in [2.45, 2.75) is 64.5 Å². The number of carbonyl (C=O) groups is 2. The maximum atomic E-state index is 13.5. The fourth-order valence-corrected chi connectivity index (χ4v) is 8.39. The molecule has 1 aromatic heterocycles. The van der Waals surface area contributed by atoms with Gasteiger partial charge in [0.15, 0.2) is 16.6 Å². The minimum Gasteiger partial charge on any atom is -0.497 e. The lowest BCUT2D eigenvalue weighted by Gasteiger charge is -2.58. The number of aliphatic hydroxyl groups is 2. The van der Waals surface area contributed by atoms with Crippen molar-refractivity contribution in [3.05, 3.63) is 64.2 Å². The average molecular weight is 622 g/mol. The third kappa shape index (κ3) is 5.64. The van der Waals surface area contributed by atoms with Gasteiger partial charge in [0.1, 0.15) is 5.75 Å². The van der Waals surface area contributed by atoms with Crippen molar-refractivity contribution in [1.29, 1.82) is 0 Å². The van der Waals surface area contributed by atoms with Crippen LogP contribution < -0.4 is 24.8 Å². The Labute approximate surface area is 260 Å². The molecular formula is C33H39N3O7S. The van der Waals surface area contributed by atoms with Crippen LogP contribution in [0.4, 0.5) is 5.13 Å². The van der Waals surface area contributed by atoms with E-state index in [0.717, 1.165) is 27.4 Å². The fraction of sp³-hybridized carbons (Fsp3) is 0.485. The SMILES string of the molecule is COc1ccc(CC(=O)Nc2nc3c(s2)CC2C(C)(CO)C(O)CCC2(C)C3CC(=O)NCc2ccc3c(c2)OCO3)cc1. The van der Waals surface area contributed by atoms with E-state index in [0.29, 0.717) is 42.4 Å². The predicted molar refractivity (Wildman–Crippen MR) is 165 cm³/mol. The van der Waals surface area contributed by atoms with E-state index in [9.17, 15) is 19.8 Å². The summed E-state index contributed by atoms with van der Waals surface area (Å²) in [4.78, 5) is 32.4. The van der Waals surface area contributed by atoms with Crippen LogP contribution >= 0.6 is 11.3 Å². The van der Waals surface area contributed by atoms with Gasteiger partial charge >= 0.3 is 0 Å². The minimum atomic E-state index is -0.729. The van der Waals surface area contributed by atoms with E-state index in [2.05, 4.69) is 17.6 Å². The topological polar surface area (TPSA) is 139 Å². The number of anilines is 1. The quantitative estimate of drug-likeness (QED) is 0.279. The highest BCUT2D eigenvalue weighted by Gasteiger charge is 2.59. The van der Waals surface area contributed by atoms with E-state index in [4.69, 9.17) is 19.2 Å². The van der Waals surface area contributed by atoms with Gasteiger partial charge < -0.3 is 35.1 Å². The van der Waals surface area contributed by atoms with Gasteiger partial charge in [-0.2, -0.15) is 0 Å². The number of methoxy groups -OCH3 is 1. The number of rotatable bonds is 9. The number of aromatic nitrogens is 1. The molecular weight excluding hydrogens is 582 g/mol. The third-order valence-corrected chi connectivity index (χ3v) is 11.0. The molecule has 4 N–H and O–H groups in total. The first-order valence-electron chi connectivity index (χ1n) is 15.0. The molecule has 0 spiro atoms. The molecule has 3 aromatic rings. The van der Waals surface area contributed by atoms with Crippen LogP contribution in [-0.2, 0) is 29.0 Å². The first kappa shape index (κ1) is 30.4. The second kappa shape index (κ2) is 12.0. The number of carbonyl (C=O) groups excluding carboxylic acids is 2. The summed E-state index contributed by atoms with van der Waals surface area (Å²) in [5.41, 5.74) is 1.46. The van der Waals surface area contributed by atoms with E-state index >= 15 is 0 Å². The smallest absolute Gasteiger partial charge is 0.231 e. The Morgan fingerprint density at radius 1 is 1.09 bits per heavy atom. The zero-order chi connectivity index (χ0) is 31.1. The first-order valence-corrected chi connectivity index (χ1v) is 15.8. The largest absolute Gasteiger partial charge is 0.497 e. The molecule has 0 saturated heterocycles. The van der Waals surface area contributed by atoms with Crippen LogP contribution in [0.3, 0.4) is 0 Å². The van der Waals surface area contributed by atoms with Crippen LogP contribution in [0.1, 0.15) is 60.7 Å². The zero-order valence-corrected chi connectivity index (χ0v) is 26.0. The summed E-state index contributed by atoms with van der Waals surface area (Å²) < 4.78 is 16.1. The van der Waals surface area contributed by atoms with Crippen LogP contribution in [-0.4, -0.2) is 53.6 Å². The minimum absolute atomic E-state index is 0.0776. The van der Waals surface area contributed by atoms with Gasteiger partial charge in [0, 0.05) is 29.2 Å². The van der Waals surface area contributed by atoms with Crippen molar-refractivity contribution in [3.63, 3.8) is 0 Å².